The number of hydrogen-bond acceptors (Lipinski definition) is 3. The summed E-state index contributed by atoms with van der Waals surface area (Å²) < 4.78 is 14.8. The Kier molecular flexibility index (Phi) is 3.26. The Labute approximate surface area is 101 Å². The minimum atomic E-state index is -0.452. The molecule has 0 amide bonds. The van der Waals surface area contributed by atoms with E-state index in [1.807, 2.05) is 12.1 Å². The first-order valence-corrected chi connectivity index (χ1v) is 5.47. The zero-order valence-corrected chi connectivity index (χ0v) is 9.91. The molecule has 0 unspecified atom stereocenters. The van der Waals surface area contributed by atoms with E-state index in [-0.39, 0.29) is 17.9 Å². The van der Waals surface area contributed by atoms with Gasteiger partial charge in [-0.15, -0.1) is 0 Å². The summed E-state index contributed by atoms with van der Waals surface area (Å²) in [5.74, 6) is -0.452. The predicted molar refractivity (Wildman–Crippen MR) is 63.0 cm³/mol. The highest BCUT2D eigenvalue weighted by molar-refractivity contribution is 9.10. The third-order valence-electron chi connectivity index (χ3n) is 2.17. The molecule has 5 heteroatoms. The third-order valence-corrected chi connectivity index (χ3v) is 2.70. The lowest BCUT2D eigenvalue weighted by atomic mass is 10.1. The predicted octanol–water partition coefficient (Wildman–Crippen LogP) is 2.50. The van der Waals surface area contributed by atoms with Crippen molar-refractivity contribution in [1.82, 2.24) is 9.97 Å². The normalized spacial score (nSPS) is 10.4. The Morgan fingerprint density at radius 2 is 1.88 bits per heavy atom. The van der Waals surface area contributed by atoms with Crippen LogP contribution < -0.4 is 5.73 Å². The molecular formula is C11H9BrFN3. The van der Waals surface area contributed by atoms with E-state index in [4.69, 9.17) is 5.73 Å². The fourth-order valence-electron chi connectivity index (χ4n) is 1.36. The number of nitrogens with zero attached hydrogens (tertiary/aromatic N) is 2. The lowest BCUT2D eigenvalue weighted by molar-refractivity contribution is 0.596. The van der Waals surface area contributed by atoms with Crippen molar-refractivity contribution in [3.05, 3.63) is 46.6 Å². The molecule has 0 aliphatic carbocycles. The first-order chi connectivity index (χ1) is 7.72. The van der Waals surface area contributed by atoms with E-state index in [0.29, 0.717) is 5.56 Å². The van der Waals surface area contributed by atoms with E-state index < -0.39 is 5.82 Å². The van der Waals surface area contributed by atoms with Crippen LogP contribution in [0.15, 0.2) is 35.1 Å². The van der Waals surface area contributed by atoms with Gasteiger partial charge in [-0.2, -0.15) is 0 Å². The van der Waals surface area contributed by atoms with Gasteiger partial charge in [0.25, 0.3) is 0 Å². The van der Waals surface area contributed by atoms with Crippen molar-refractivity contribution < 1.29 is 4.39 Å². The van der Waals surface area contributed by atoms with Crippen LogP contribution in [0, 0.1) is 5.82 Å². The van der Waals surface area contributed by atoms with Gasteiger partial charge in [0.2, 0.25) is 0 Å². The van der Waals surface area contributed by atoms with E-state index in [1.54, 1.807) is 12.1 Å². The van der Waals surface area contributed by atoms with Crippen molar-refractivity contribution in [2.45, 2.75) is 6.54 Å². The fraction of sp³-hybridized carbons (Fsp3) is 0.0909. The molecule has 16 heavy (non-hydrogen) atoms. The quantitative estimate of drug-likeness (QED) is 0.920. The Bertz CT molecular complexity index is 499. The lowest BCUT2D eigenvalue weighted by Gasteiger charge is -2.05. The summed E-state index contributed by atoms with van der Waals surface area (Å²) in [5, 5.41) is 0. The minimum absolute atomic E-state index is 0.0673. The molecule has 2 rings (SSSR count). The van der Waals surface area contributed by atoms with Gasteiger partial charge < -0.3 is 5.73 Å². The molecule has 0 atom stereocenters. The highest BCUT2D eigenvalue weighted by atomic mass is 79.9. The minimum Gasteiger partial charge on any atom is -0.325 e. The van der Waals surface area contributed by atoms with Crippen LogP contribution in [0.25, 0.3) is 11.3 Å². The molecular weight excluding hydrogens is 273 g/mol. The highest BCUT2D eigenvalue weighted by Crippen LogP contribution is 2.23. The van der Waals surface area contributed by atoms with Gasteiger partial charge in [0.1, 0.15) is 12.0 Å². The van der Waals surface area contributed by atoms with Crippen LogP contribution in [0.3, 0.4) is 0 Å². The molecule has 1 aromatic heterocycles. The molecule has 0 aliphatic rings. The number of aromatic nitrogens is 2. The first-order valence-electron chi connectivity index (χ1n) is 4.67. The molecule has 2 N–H and O–H groups in total. The van der Waals surface area contributed by atoms with Crippen molar-refractivity contribution in [3.63, 3.8) is 0 Å². The van der Waals surface area contributed by atoms with Crippen LogP contribution in [-0.2, 0) is 6.54 Å². The van der Waals surface area contributed by atoms with Gasteiger partial charge in [-0.25, -0.2) is 14.4 Å². The zero-order valence-electron chi connectivity index (χ0n) is 8.32. The number of rotatable bonds is 2. The van der Waals surface area contributed by atoms with Crippen molar-refractivity contribution in [2.24, 2.45) is 5.73 Å². The first kappa shape index (κ1) is 11.2. The molecule has 0 fully saturated rings. The summed E-state index contributed by atoms with van der Waals surface area (Å²) >= 11 is 3.32. The molecule has 1 aromatic carbocycles. The Balaban J connectivity index is 2.51. The lowest BCUT2D eigenvalue weighted by Crippen LogP contribution is -2.05. The standard InChI is InChI=1S/C11H9BrFN3/c12-8-3-1-7(2-4-8)11-10(13)9(5-14)15-6-16-11/h1-4,6H,5,14H2. The molecule has 82 valence electrons. The summed E-state index contributed by atoms with van der Waals surface area (Å²) in [6.45, 7) is 0.0673. The largest absolute Gasteiger partial charge is 0.325 e. The second-order valence-corrected chi connectivity index (χ2v) is 4.11. The average molecular weight is 282 g/mol. The van der Waals surface area contributed by atoms with Crippen LogP contribution >= 0.6 is 15.9 Å². The van der Waals surface area contributed by atoms with E-state index in [2.05, 4.69) is 25.9 Å². The summed E-state index contributed by atoms with van der Waals surface area (Å²) in [4.78, 5) is 7.71. The van der Waals surface area contributed by atoms with Crippen molar-refractivity contribution in [2.75, 3.05) is 0 Å². The van der Waals surface area contributed by atoms with E-state index in [1.165, 1.54) is 6.33 Å². The van der Waals surface area contributed by atoms with Gasteiger partial charge in [-0.05, 0) is 12.1 Å². The zero-order chi connectivity index (χ0) is 11.5. The van der Waals surface area contributed by atoms with Gasteiger partial charge >= 0.3 is 0 Å². The Hall–Kier alpha value is -1.33. The molecule has 0 saturated carbocycles. The summed E-state index contributed by atoms with van der Waals surface area (Å²) in [6.07, 6.45) is 1.32. The molecule has 0 spiro atoms. The van der Waals surface area contributed by atoms with Crippen LogP contribution in [0.4, 0.5) is 4.39 Å². The summed E-state index contributed by atoms with van der Waals surface area (Å²) in [5.41, 5.74) is 6.60. The topological polar surface area (TPSA) is 51.8 Å². The van der Waals surface area contributed by atoms with Crippen molar-refractivity contribution in [3.8, 4) is 11.3 Å². The maximum absolute atomic E-state index is 13.8. The van der Waals surface area contributed by atoms with Crippen LogP contribution in [0.5, 0.6) is 0 Å². The number of nitrogens with two attached hydrogens (primary N) is 1. The molecule has 0 radical (unpaired) electrons. The smallest absolute Gasteiger partial charge is 0.172 e. The van der Waals surface area contributed by atoms with E-state index >= 15 is 0 Å². The van der Waals surface area contributed by atoms with Crippen molar-refractivity contribution >= 4 is 15.9 Å². The van der Waals surface area contributed by atoms with Gasteiger partial charge in [-0.1, -0.05) is 28.1 Å². The third kappa shape index (κ3) is 2.10. The number of hydrogen-bond donors (Lipinski definition) is 1. The number of halogens is 2. The molecule has 0 aliphatic heterocycles. The van der Waals surface area contributed by atoms with E-state index in [0.717, 1.165) is 4.47 Å². The summed E-state index contributed by atoms with van der Waals surface area (Å²) in [7, 11) is 0. The monoisotopic (exact) mass is 281 g/mol. The maximum atomic E-state index is 13.8. The Morgan fingerprint density at radius 3 is 2.50 bits per heavy atom. The SMILES string of the molecule is NCc1ncnc(-c2ccc(Br)cc2)c1F. The van der Waals surface area contributed by atoms with Gasteiger partial charge in [0.15, 0.2) is 5.82 Å². The molecule has 3 nitrogen and oxygen atoms in total. The van der Waals surface area contributed by atoms with Crippen LogP contribution in [0.1, 0.15) is 5.69 Å². The highest BCUT2D eigenvalue weighted by Gasteiger charge is 2.11. The maximum Gasteiger partial charge on any atom is 0.172 e. The van der Waals surface area contributed by atoms with Crippen molar-refractivity contribution in [1.29, 1.82) is 0 Å². The van der Waals surface area contributed by atoms with Crippen LogP contribution in [0.2, 0.25) is 0 Å². The fourth-order valence-corrected chi connectivity index (χ4v) is 1.62. The molecule has 0 saturated heterocycles. The van der Waals surface area contributed by atoms with Gasteiger partial charge in [0.05, 0.1) is 5.69 Å². The molecule has 1 heterocycles. The second kappa shape index (κ2) is 4.67. The number of benzene rings is 1. The second-order valence-electron chi connectivity index (χ2n) is 3.19. The molecule has 2 aromatic rings. The average Bonchev–Trinajstić information content (AvgIpc) is 2.31. The summed E-state index contributed by atoms with van der Waals surface area (Å²) in [6, 6.07) is 7.24. The molecule has 0 bridgehead atoms. The Morgan fingerprint density at radius 1 is 1.19 bits per heavy atom. The van der Waals surface area contributed by atoms with Gasteiger partial charge in [0, 0.05) is 16.6 Å². The van der Waals surface area contributed by atoms with Crippen LogP contribution in [-0.4, -0.2) is 9.97 Å². The van der Waals surface area contributed by atoms with E-state index in [9.17, 15) is 4.39 Å². The van der Waals surface area contributed by atoms with Gasteiger partial charge in [-0.3, -0.25) is 0 Å².